The van der Waals surface area contributed by atoms with Gasteiger partial charge in [-0.05, 0) is 43.4 Å². The zero-order chi connectivity index (χ0) is 13.5. The highest BCUT2D eigenvalue weighted by molar-refractivity contribution is 5.87. The number of carbonyl (C=O) groups is 1. The molecule has 1 aromatic carbocycles. The van der Waals surface area contributed by atoms with Gasteiger partial charge in [-0.15, -0.1) is 0 Å². The molecule has 0 aromatic heterocycles. The summed E-state index contributed by atoms with van der Waals surface area (Å²) in [5, 5.41) is 4.21. The van der Waals surface area contributed by atoms with E-state index in [2.05, 4.69) is 10.5 Å². The predicted octanol–water partition coefficient (Wildman–Crippen LogP) is 2.67. The number of hydrogen-bond donors (Lipinski definition) is 1. The molecule has 2 rings (SSSR count). The van der Waals surface area contributed by atoms with Gasteiger partial charge in [-0.3, -0.25) is 4.79 Å². The van der Waals surface area contributed by atoms with Crippen molar-refractivity contribution < 1.29 is 9.53 Å². The molecule has 102 valence electrons. The van der Waals surface area contributed by atoms with Crippen LogP contribution in [0, 0.1) is 0 Å². The molecule has 0 unspecified atom stereocenters. The van der Waals surface area contributed by atoms with E-state index in [9.17, 15) is 4.79 Å². The topological polar surface area (TPSA) is 50.7 Å². The van der Waals surface area contributed by atoms with Crippen LogP contribution in [0.3, 0.4) is 0 Å². The van der Waals surface area contributed by atoms with Crippen LogP contribution in [-0.2, 0) is 11.2 Å². The first-order chi connectivity index (χ1) is 9.28. The van der Waals surface area contributed by atoms with E-state index in [4.69, 9.17) is 4.74 Å². The Morgan fingerprint density at radius 1 is 1.21 bits per heavy atom. The third kappa shape index (κ3) is 4.39. The number of nitrogens with one attached hydrogen (secondary N) is 1. The van der Waals surface area contributed by atoms with E-state index >= 15 is 0 Å². The minimum absolute atomic E-state index is 0.0664. The lowest BCUT2D eigenvalue weighted by molar-refractivity contribution is -0.120. The summed E-state index contributed by atoms with van der Waals surface area (Å²) >= 11 is 0. The van der Waals surface area contributed by atoms with E-state index in [0.717, 1.165) is 29.9 Å². The molecule has 1 aliphatic rings. The van der Waals surface area contributed by atoms with Crippen molar-refractivity contribution in [2.24, 2.45) is 5.10 Å². The van der Waals surface area contributed by atoms with Crippen molar-refractivity contribution in [3.05, 3.63) is 29.8 Å². The van der Waals surface area contributed by atoms with Gasteiger partial charge in [0.15, 0.2) is 0 Å². The van der Waals surface area contributed by atoms with Crippen LogP contribution in [0.1, 0.15) is 37.7 Å². The summed E-state index contributed by atoms with van der Waals surface area (Å²) < 4.78 is 5.08. The molecular formula is C15H20N2O2. The van der Waals surface area contributed by atoms with E-state index in [1.807, 2.05) is 24.3 Å². The maximum absolute atomic E-state index is 11.8. The Morgan fingerprint density at radius 3 is 2.53 bits per heavy atom. The van der Waals surface area contributed by atoms with Gasteiger partial charge in [-0.25, -0.2) is 5.43 Å². The maximum atomic E-state index is 11.8. The van der Waals surface area contributed by atoms with Gasteiger partial charge in [-0.1, -0.05) is 18.6 Å². The minimum atomic E-state index is -0.0664. The molecule has 0 atom stereocenters. The lowest BCUT2D eigenvalue weighted by Crippen LogP contribution is -2.22. The number of hydrazone groups is 1. The van der Waals surface area contributed by atoms with Crippen molar-refractivity contribution in [2.45, 2.75) is 38.5 Å². The molecule has 1 fully saturated rings. The molecule has 0 spiro atoms. The van der Waals surface area contributed by atoms with Crippen LogP contribution in [-0.4, -0.2) is 18.7 Å². The fourth-order valence-corrected chi connectivity index (χ4v) is 2.18. The SMILES string of the molecule is COc1ccc(CC(=O)NN=C2CCCCC2)cc1. The summed E-state index contributed by atoms with van der Waals surface area (Å²) in [5.41, 5.74) is 4.73. The number of rotatable bonds is 4. The molecule has 0 saturated heterocycles. The van der Waals surface area contributed by atoms with Crippen LogP contribution in [0.2, 0.25) is 0 Å². The first-order valence-corrected chi connectivity index (χ1v) is 6.75. The van der Waals surface area contributed by atoms with Crippen LogP contribution >= 0.6 is 0 Å². The van der Waals surface area contributed by atoms with Crippen LogP contribution < -0.4 is 10.2 Å². The second kappa shape index (κ2) is 6.92. The largest absolute Gasteiger partial charge is 0.497 e. The fourth-order valence-electron chi connectivity index (χ4n) is 2.18. The Kier molecular flexibility index (Phi) is 4.95. The summed E-state index contributed by atoms with van der Waals surface area (Å²) in [6.45, 7) is 0. The molecule has 0 radical (unpaired) electrons. The van der Waals surface area contributed by atoms with Gasteiger partial charge in [0.05, 0.1) is 13.5 Å². The second-order valence-electron chi connectivity index (χ2n) is 4.80. The Hall–Kier alpha value is -1.84. The molecule has 1 aromatic rings. The second-order valence-corrected chi connectivity index (χ2v) is 4.80. The van der Waals surface area contributed by atoms with Crippen LogP contribution in [0.25, 0.3) is 0 Å². The number of benzene rings is 1. The predicted molar refractivity (Wildman–Crippen MR) is 75.4 cm³/mol. The van der Waals surface area contributed by atoms with E-state index in [-0.39, 0.29) is 5.91 Å². The average Bonchev–Trinajstić information content (AvgIpc) is 2.47. The third-order valence-electron chi connectivity index (χ3n) is 3.29. The van der Waals surface area contributed by atoms with Crippen molar-refractivity contribution in [3.63, 3.8) is 0 Å². The Morgan fingerprint density at radius 2 is 1.89 bits per heavy atom. The Balaban J connectivity index is 1.82. The lowest BCUT2D eigenvalue weighted by Gasteiger charge is -2.12. The van der Waals surface area contributed by atoms with E-state index < -0.39 is 0 Å². The Labute approximate surface area is 113 Å². The highest BCUT2D eigenvalue weighted by Gasteiger charge is 2.08. The molecular weight excluding hydrogens is 240 g/mol. The number of ether oxygens (including phenoxy) is 1. The lowest BCUT2D eigenvalue weighted by atomic mass is 9.99. The van der Waals surface area contributed by atoms with Gasteiger partial charge in [0.25, 0.3) is 0 Å². The average molecular weight is 260 g/mol. The van der Waals surface area contributed by atoms with Gasteiger partial charge in [-0.2, -0.15) is 5.10 Å². The van der Waals surface area contributed by atoms with Gasteiger partial charge >= 0.3 is 0 Å². The molecule has 1 aliphatic carbocycles. The molecule has 19 heavy (non-hydrogen) atoms. The van der Waals surface area contributed by atoms with Crippen molar-refractivity contribution in [1.82, 2.24) is 5.43 Å². The van der Waals surface area contributed by atoms with Gasteiger partial charge in [0.2, 0.25) is 5.91 Å². The van der Waals surface area contributed by atoms with Gasteiger partial charge < -0.3 is 4.74 Å². The summed E-state index contributed by atoms with van der Waals surface area (Å²) in [6.07, 6.45) is 6.03. The first-order valence-electron chi connectivity index (χ1n) is 6.75. The molecule has 0 aliphatic heterocycles. The third-order valence-corrected chi connectivity index (χ3v) is 3.29. The molecule has 0 bridgehead atoms. The molecule has 0 heterocycles. The normalized spacial score (nSPS) is 14.9. The van der Waals surface area contributed by atoms with E-state index in [1.165, 1.54) is 19.3 Å². The monoisotopic (exact) mass is 260 g/mol. The molecule has 1 amide bonds. The fraction of sp³-hybridized carbons (Fsp3) is 0.467. The number of hydrogen-bond acceptors (Lipinski definition) is 3. The van der Waals surface area contributed by atoms with Crippen LogP contribution in [0.4, 0.5) is 0 Å². The minimum Gasteiger partial charge on any atom is -0.497 e. The Bertz CT molecular complexity index is 444. The molecule has 1 saturated carbocycles. The molecule has 4 nitrogen and oxygen atoms in total. The highest BCUT2D eigenvalue weighted by atomic mass is 16.5. The van der Waals surface area contributed by atoms with Crippen LogP contribution in [0.15, 0.2) is 29.4 Å². The number of carbonyl (C=O) groups excluding carboxylic acids is 1. The van der Waals surface area contributed by atoms with Crippen molar-refractivity contribution in [1.29, 1.82) is 0 Å². The van der Waals surface area contributed by atoms with E-state index in [1.54, 1.807) is 7.11 Å². The van der Waals surface area contributed by atoms with Crippen molar-refractivity contribution in [2.75, 3.05) is 7.11 Å². The number of nitrogens with zero attached hydrogens (tertiary/aromatic N) is 1. The molecule has 1 N–H and O–H groups in total. The quantitative estimate of drug-likeness (QED) is 0.846. The number of amides is 1. The summed E-state index contributed by atoms with van der Waals surface area (Å²) in [5.74, 6) is 0.731. The van der Waals surface area contributed by atoms with Crippen molar-refractivity contribution in [3.8, 4) is 5.75 Å². The summed E-state index contributed by atoms with van der Waals surface area (Å²) in [4.78, 5) is 11.8. The number of methoxy groups -OCH3 is 1. The summed E-state index contributed by atoms with van der Waals surface area (Å²) in [7, 11) is 1.63. The maximum Gasteiger partial charge on any atom is 0.244 e. The summed E-state index contributed by atoms with van der Waals surface area (Å²) in [6, 6.07) is 7.50. The molecule has 4 heteroatoms. The van der Waals surface area contributed by atoms with Gasteiger partial charge in [0, 0.05) is 5.71 Å². The van der Waals surface area contributed by atoms with Crippen LogP contribution in [0.5, 0.6) is 5.75 Å². The van der Waals surface area contributed by atoms with E-state index in [0.29, 0.717) is 6.42 Å². The standard InChI is InChI=1S/C15H20N2O2/c1-19-14-9-7-12(8-10-14)11-15(18)17-16-13-5-3-2-4-6-13/h7-10H,2-6,11H2,1H3,(H,17,18). The van der Waals surface area contributed by atoms with Gasteiger partial charge in [0.1, 0.15) is 5.75 Å². The zero-order valence-electron chi connectivity index (χ0n) is 11.3. The zero-order valence-corrected chi connectivity index (χ0v) is 11.3. The highest BCUT2D eigenvalue weighted by Crippen LogP contribution is 2.14. The van der Waals surface area contributed by atoms with Crippen molar-refractivity contribution >= 4 is 11.6 Å². The smallest absolute Gasteiger partial charge is 0.244 e. The first kappa shape index (κ1) is 13.6.